The highest BCUT2D eigenvalue weighted by atomic mass is 16.5. The van der Waals surface area contributed by atoms with Crippen molar-refractivity contribution < 1.29 is 4.52 Å². The lowest BCUT2D eigenvalue weighted by molar-refractivity contribution is 0.209. The van der Waals surface area contributed by atoms with Crippen LogP contribution in [0, 0.1) is 0 Å². The highest BCUT2D eigenvalue weighted by Gasteiger charge is 2.23. The van der Waals surface area contributed by atoms with E-state index in [2.05, 4.69) is 28.9 Å². The topological polar surface area (TPSA) is 42.2 Å². The van der Waals surface area contributed by atoms with E-state index in [1.165, 1.54) is 12.8 Å². The number of hydrogen-bond donors (Lipinski definition) is 0. The molecule has 4 heteroatoms. The molecular weight excluding hydrogens is 190 g/mol. The van der Waals surface area contributed by atoms with E-state index < -0.39 is 0 Å². The van der Waals surface area contributed by atoms with Gasteiger partial charge in [0.25, 0.3) is 0 Å². The molecule has 1 saturated heterocycles. The van der Waals surface area contributed by atoms with E-state index in [9.17, 15) is 0 Å². The number of aromatic nitrogens is 2. The molecule has 0 radical (unpaired) electrons. The molecule has 1 aromatic rings. The van der Waals surface area contributed by atoms with Gasteiger partial charge in [-0.3, -0.25) is 4.90 Å². The Hall–Kier alpha value is -0.900. The molecule has 1 aliphatic heterocycles. The van der Waals surface area contributed by atoms with E-state index in [0.29, 0.717) is 0 Å². The predicted octanol–water partition coefficient (Wildman–Crippen LogP) is 2.18. The summed E-state index contributed by atoms with van der Waals surface area (Å²) in [5, 5.41) is 3.99. The van der Waals surface area contributed by atoms with Crippen molar-refractivity contribution in [2.24, 2.45) is 0 Å². The SMILES string of the molecule is CCCc1noc([C@H](C)N2CCCC2)n1. The average molecular weight is 209 g/mol. The van der Waals surface area contributed by atoms with Gasteiger partial charge in [-0.25, -0.2) is 0 Å². The molecule has 0 aliphatic carbocycles. The number of rotatable bonds is 4. The van der Waals surface area contributed by atoms with Gasteiger partial charge in [0.05, 0.1) is 6.04 Å². The largest absolute Gasteiger partial charge is 0.338 e. The molecular formula is C11H19N3O. The van der Waals surface area contributed by atoms with Crippen LogP contribution in [0.25, 0.3) is 0 Å². The van der Waals surface area contributed by atoms with Gasteiger partial charge in [0, 0.05) is 6.42 Å². The molecule has 0 aromatic carbocycles. The van der Waals surface area contributed by atoms with Gasteiger partial charge in [-0.15, -0.1) is 0 Å². The summed E-state index contributed by atoms with van der Waals surface area (Å²) in [7, 11) is 0. The molecule has 2 heterocycles. The Labute approximate surface area is 90.7 Å². The smallest absolute Gasteiger partial charge is 0.243 e. The second-order valence-electron chi connectivity index (χ2n) is 4.22. The van der Waals surface area contributed by atoms with E-state index in [1.54, 1.807) is 0 Å². The Morgan fingerprint density at radius 1 is 1.40 bits per heavy atom. The lowest BCUT2D eigenvalue weighted by Gasteiger charge is -2.19. The van der Waals surface area contributed by atoms with Crippen LogP contribution in [-0.2, 0) is 6.42 Å². The van der Waals surface area contributed by atoms with Crippen LogP contribution in [0.4, 0.5) is 0 Å². The third-order valence-corrected chi connectivity index (χ3v) is 3.00. The Bertz CT molecular complexity index is 305. The molecule has 4 nitrogen and oxygen atoms in total. The van der Waals surface area contributed by atoms with Gasteiger partial charge >= 0.3 is 0 Å². The van der Waals surface area contributed by atoms with E-state index in [-0.39, 0.29) is 6.04 Å². The molecule has 84 valence electrons. The highest BCUT2D eigenvalue weighted by molar-refractivity contribution is 4.93. The molecule has 0 saturated carbocycles. The summed E-state index contributed by atoms with van der Waals surface area (Å²) in [5.74, 6) is 1.62. The van der Waals surface area contributed by atoms with Crippen LogP contribution in [-0.4, -0.2) is 28.1 Å². The Kier molecular flexibility index (Phi) is 3.36. The summed E-state index contributed by atoms with van der Waals surface area (Å²) in [5.41, 5.74) is 0. The lowest BCUT2D eigenvalue weighted by Crippen LogP contribution is -2.23. The van der Waals surface area contributed by atoms with Gasteiger partial charge < -0.3 is 4.52 Å². The summed E-state index contributed by atoms with van der Waals surface area (Å²) < 4.78 is 5.29. The van der Waals surface area contributed by atoms with Crippen molar-refractivity contribution in [3.63, 3.8) is 0 Å². The van der Waals surface area contributed by atoms with Crippen molar-refractivity contribution in [2.45, 2.75) is 45.6 Å². The van der Waals surface area contributed by atoms with Crippen LogP contribution < -0.4 is 0 Å². The lowest BCUT2D eigenvalue weighted by atomic mass is 10.3. The average Bonchev–Trinajstić information content (AvgIpc) is 2.87. The van der Waals surface area contributed by atoms with E-state index in [0.717, 1.165) is 37.6 Å². The van der Waals surface area contributed by atoms with Crippen LogP contribution in [0.3, 0.4) is 0 Å². The molecule has 1 fully saturated rings. The summed E-state index contributed by atoms with van der Waals surface area (Å²) in [6, 6.07) is 0.283. The van der Waals surface area contributed by atoms with E-state index in [1.807, 2.05) is 0 Å². The first-order valence-corrected chi connectivity index (χ1v) is 5.87. The van der Waals surface area contributed by atoms with Crippen molar-refractivity contribution in [3.05, 3.63) is 11.7 Å². The van der Waals surface area contributed by atoms with Gasteiger partial charge in [-0.2, -0.15) is 4.98 Å². The number of likely N-dealkylation sites (tertiary alicyclic amines) is 1. The van der Waals surface area contributed by atoms with Crippen molar-refractivity contribution >= 4 is 0 Å². The maximum Gasteiger partial charge on any atom is 0.243 e. The van der Waals surface area contributed by atoms with Gasteiger partial charge in [0.15, 0.2) is 5.82 Å². The minimum atomic E-state index is 0.283. The van der Waals surface area contributed by atoms with Crippen LogP contribution >= 0.6 is 0 Å². The Morgan fingerprint density at radius 3 is 2.80 bits per heavy atom. The van der Waals surface area contributed by atoms with Crippen molar-refractivity contribution in [2.75, 3.05) is 13.1 Å². The van der Waals surface area contributed by atoms with Crippen LogP contribution in [0.15, 0.2) is 4.52 Å². The molecule has 1 aliphatic rings. The first-order valence-electron chi connectivity index (χ1n) is 5.87. The van der Waals surface area contributed by atoms with Crippen LogP contribution in [0.1, 0.15) is 50.9 Å². The van der Waals surface area contributed by atoms with Gasteiger partial charge in [0.2, 0.25) is 5.89 Å². The van der Waals surface area contributed by atoms with Crippen molar-refractivity contribution in [1.82, 2.24) is 15.0 Å². The van der Waals surface area contributed by atoms with Gasteiger partial charge in [-0.1, -0.05) is 12.1 Å². The molecule has 0 spiro atoms. The fourth-order valence-corrected chi connectivity index (χ4v) is 2.05. The fraction of sp³-hybridized carbons (Fsp3) is 0.818. The van der Waals surface area contributed by atoms with Crippen LogP contribution in [0.5, 0.6) is 0 Å². The van der Waals surface area contributed by atoms with Crippen LogP contribution in [0.2, 0.25) is 0 Å². The Balaban J connectivity index is 2.00. The Morgan fingerprint density at radius 2 is 2.13 bits per heavy atom. The van der Waals surface area contributed by atoms with E-state index in [4.69, 9.17) is 4.52 Å². The zero-order chi connectivity index (χ0) is 10.7. The van der Waals surface area contributed by atoms with Crippen molar-refractivity contribution in [1.29, 1.82) is 0 Å². The third kappa shape index (κ3) is 2.37. The van der Waals surface area contributed by atoms with Gasteiger partial charge in [-0.05, 0) is 39.3 Å². The first kappa shape index (κ1) is 10.6. The molecule has 2 rings (SSSR count). The molecule has 0 N–H and O–H groups in total. The predicted molar refractivity (Wildman–Crippen MR) is 57.5 cm³/mol. The minimum absolute atomic E-state index is 0.283. The summed E-state index contributed by atoms with van der Waals surface area (Å²) >= 11 is 0. The second-order valence-corrected chi connectivity index (χ2v) is 4.22. The highest BCUT2D eigenvalue weighted by Crippen LogP contribution is 2.23. The van der Waals surface area contributed by atoms with Gasteiger partial charge in [0.1, 0.15) is 0 Å². The minimum Gasteiger partial charge on any atom is -0.338 e. The number of hydrogen-bond acceptors (Lipinski definition) is 4. The molecule has 0 unspecified atom stereocenters. The molecule has 1 aromatic heterocycles. The van der Waals surface area contributed by atoms with E-state index >= 15 is 0 Å². The fourth-order valence-electron chi connectivity index (χ4n) is 2.05. The second kappa shape index (κ2) is 4.75. The first-order chi connectivity index (χ1) is 7.31. The zero-order valence-electron chi connectivity index (χ0n) is 9.57. The normalized spacial score (nSPS) is 19.6. The number of aryl methyl sites for hydroxylation is 1. The summed E-state index contributed by atoms with van der Waals surface area (Å²) in [6.07, 6.45) is 4.56. The molecule has 0 bridgehead atoms. The molecule has 1 atom stereocenters. The van der Waals surface area contributed by atoms with Crippen molar-refractivity contribution in [3.8, 4) is 0 Å². The molecule has 15 heavy (non-hydrogen) atoms. The maximum absolute atomic E-state index is 5.29. The number of nitrogens with zero attached hydrogens (tertiary/aromatic N) is 3. The summed E-state index contributed by atoms with van der Waals surface area (Å²) in [6.45, 7) is 6.59. The monoisotopic (exact) mass is 209 g/mol. The molecule has 0 amide bonds. The maximum atomic E-state index is 5.29. The summed E-state index contributed by atoms with van der Waals surface area (Å²) in [4.78, 5) is 6.83. The zero-order valence-corrected chi connectivity index (χ0v) is 9.57. The quantitative estimate of drug-likeness (QED) is 0.762. The standard InChI is InChI=1S/C11H19N3O/c1-3-6-10-12-11(15-13-10)9(2)14-7-4-5-8-14/h9H,3-8H2,1-2H3/t9-/m0/s1. The third-order valence-electron chi connectivity index (χ3n) is 3.00.